The predicted octanol–water partition coefficient (Wildman–Crippen LogP) is 2.45. The number of sulfonamides is 1. The van der Waals surface area contributed by atoms with E-state index >= 15 is 0 Å². The Balaban J connectivity index is 1.44. The number of carbonyl (C=O) groups excluding carboxylic acids is 1. The van der Waals surface area contributed by atoms with Gasteiger partial charge >= 0.3 is 0 Å². The first-order valence-electron chi connectivity index (χ1n) is 10.7. The molecule has 6 nitrogen and oxygen atoms in total. The van der Waals surface area contributed by atoms with Crippen LogP contribution in [0.2, 0.25) is 0 Å². The maximum atomic E-state index is 12.4. The molecule has 0 bridgehead atoms. The van der Waals surface area contributed by atoms with Crippen molar-refractivity contribution in [2.75, 3.05) is 32.4 Å². The van der Waals surface area contributed by atoms with Crippen molar-refractivity contribution in [3.05, 3.63) is 35.4 Å². The molecule has 0 aliphatic carbocycles. The van der Waals surface area contributed by atoms with E-state index in [2.05, 4.69) is 48.3 Å². The monoisotopic (exact) mass is 421 g/mol. The van der Waals surface area contributed by atoms with E-state index in [4.69, 9.17) is 0 Å². The van der Waals surface area contributed by atoms with Crippen LogP contribution in [0.3, 0.4) is 0 Å². The summed E-state index contributed by atoms with van der Waals surface area (Å²) in [6.07, 6.45) is 3.72. The van der Waals surface area contributed by atoms with Gasteiger partial charge in [0.1, 0.15) is 0 Å². The molecule has 1 aromatic carbocycles. The number of nitrogens with zero attached hydrogens (tertiary/aromatic N) is 2. The van der Waals surface area contributed by atoms with Gasteiger partial charge in [0.15, 0.2) is 0 Å². The first-order chi connectivity index (χ1) is 13.7. The summed E-state index contributed by atoms with van der Waals surface area (Å²) in [5, 5.41) is 3.02. The first kappa shape index (κ1) is 22.2. The lowest BCUT2D eigenvalue weighted by atomic mass is 9.91. The van der Waals surface area contributed by atoms with Gasteiger partial charge in [-0.2, -0.15) is 0 Å². The van der Waals surface area contributed by atoms with Gasteiger partial charge in [0.25, 0.3) is 0 Å². The number of piperidine rings is 2. The fraction of sp³-hybridized carbons (Fsp3) is 0.682. The number of likely N-dealkylation sites (tertiary alicyclic amines) is 1. The highest BCUT2D eigenvalue weighted by atomic mass is 32.2. The van der Waals surface area contributed by atoms with Crippen molar-refractivity contribution in [1.29, 1.82) is 0 Å². The molecular formula is C22H35N3O3S. The van der Waals surface area contributed by atoms with E-state index in [1.807, 2.05) is 0 Å². The summed E-state index contributed by atoms with van der Waals surface area (Å²) in [6.45, 7) is 9.36. The molecule has 2 heterocycles. The number of benzene rings is 1. The van der Waals surface area contributed by atoms with Gasteiger partial charge in [0.05, 0.1) is 6.26 Å². The first-order valence-corrected chi connectivity index (χ1v) is 12.6. The van der Waals surface area contributed by atoms with E-state index in [0.717, 1.165) is 23.9 Å². The molecule has 2 atom stereocenters. The van der Waals surface area contributed by atoms with E-state index in [9.17, 15) is 13.2 Å². The minimum Gasteiger partial charge on any atom is -0.352 e. The highest BCUT2D eigenvalue weighted by Gasteiger charge is 2.28. The minimum atomic E-state index is -3.15. The quantitative estimate of drug-likeness (QED) is 0.766. The van der Waals surface area contributed by atoms with E-state index in [0.29, 0.717) is 32.5 Å². The van der Waals surface area contributed by atoms with Crippen molar-refractivity contribution in [3.8, 4) is 0 Å². The summed E-state index contributed by atoms with van der Waals surface area (Å²) in [6, 6.07) is 8.52. The Bertz CT molecular complexity index is 776. The number of hydrogen-bond donors (Lipinski definition) is 1. The molecule has 0 radical (unpaired) electrons. The van der Waals surface area contributed by atoms with Crippen LogP contribution in [0.25, 0.3) is 0 Å². The normalized spacial score (nSPS) is 25.1. The third-order valence-electron chi connectivity index (χ3n) is 6.13. The van der Waals surface area contributed by atoms with Crippen LogP contribution in [-0.2, 0) is 27.9 Å². The second kappa shape index (κ2) is 9.58. The molecule has 2 aliphatic rings. The molecule has 1 amide bonds. The number of rotatable bonds is 6. The molecule has 2 saturated heterocycles. The number of carbonyl (C=O) groups is 1. The average molecular weight is 422 g/mol. The van der Waals surface area contributed by atoms with Crippen molar-refractivity contribution < 1.29 is 13.2 Å². The summed E-state index contributed by atoms with van der Waals surface area (Å²) < 4.78 is 24.6. The van der Waals surface area contributed by atoms with Crippen molar-refractivity contribution in [2.45, 2.75) is 46.2 Å². The van der Waals surface area contributed by atoms with Crippen LogP contribution in [0, 0.1) is 17.8 Å². The molecule has 0 unspecified atom stereocenters. The Kier molecular flexibility index (Phi) is 7.35. The van der Waals surface area contributed by atoms with Gasteiger partial charge in [-0.1, -0.05) is 38.1 Å². The van der Waals surface area contributed by atoms with Gasteiger partial charge in [0.2, 0.25) is 15.9 Å². The zero-order valence-electron chi connectivity index (χ0n) is 17.9. The Morgan fingerprint density at radius 2 is 1.59 bits per heavy atom. The van der Waals surface area contributed by atoms with Crippen LogP contribution in [0.1, 0.15) is 44.2 Å². The number of hydrogen-bond acceptors (Lipinski definition) is 4. The number of amides is 1. The van der Waals surface area contributed by atoms with Gasteiger partial charge in [-0.15, -0.1) is 0 Å². The topological polar surface area (TPSA) is 69.7 Å². The lowest BCUT2D eigenvalue weighted by Crippen LogP contribution is -2.42. The third-order valence-corrected chi connectivity index (χ3v) is 7.44. The molecule has 3 rings (SSSR count). The van der Waals surface area contributed by atoms with E-state index in [-0.39, 0.29) is 11.8 Å². The third kappa shape index (κ3) is 6.52. The smallest absolute Gasteiger partial charge is 0.223 e. The summed E-state index contributed by atoms with van der Waals surface area (Å²) in [4.78, 5) is 15.0. The predicted molar refractivity (Wildman–Crippen MR) is 116 cm³/mol. The molecule has 2 fully saturated rings. The van der Waals surface area contributed by atoms with Crippen LogP contribution in [0.4, 0.5) is 0 Å². The van der Waals surface area contributed by atoms with E-state index in [1.165, 1.54) is 35.6 Å². The molecule has 7 heteroatoms. The Hall–Kier alpha value is -1.44. The molecule has 0 aromatic heterocycles. The summed E-state index contributed by atoms with van der Waals surface area (Å²) in [7, 11) is -3.15. The second-order valence-corrected chi connectivity index (χ2v) is 11.1. The summed E-state index contributed by atoms with van der Waals surface area (Å²) in [5.41, 5.74) is 2.41. The van der Waals surface area contributed by atoms with Crippen LogP contribution in [-0.4, -0.2) is 56.0 Å². The van der Waals surface area contributed by atoms with E-state index < -0.39 is 10.0 Å². The molecule has 2 aliphatic heterocycles. The van der Waals surface area contributed by atoms with Crippen molar-refractivity contribution in [1.82, 2.24) is 14.5 Å². The highest BCUT2D eigenvalue weighted by molar-refractivity contribution is 7.88. The highest BCUT2D eigenvalue weighted by Crippen LogP contribution is 2.23. The number of nitrogens with one attached hydrogen (secondary N) is 1. The van der Waals surface area contributed by atoms with Crippen LogP contribution >= 0.6 is 0 Å². The van der Waals surface area contributed by atoms with Crippen LogP contribution in [0.5, 0.6) is 0 Å². The molecular weight excluding hydrogens is 386 g/mol. The molecule has 162 valence electrons. The van der Waals surface area contributed by atoms with Gasteiger partial charge < -0.3 is 5.32 Å². The van der Waals surface area contributed by atoms with Crippen LogP contribution in [0.15, 0.2) is 24.3 Å². The summed E-state index contributed by atoms with van der Waals surface area (Å²) >= 11 is 0. The maximum Gasteiger partial charge on any atom is 0.223 e. The maximum absolute atomic E-state index is 12.4. The Labute approximate surface area is 175 Å². The fourth-order valence-electron chi connectivity index (χ4n) is 4.73. The fourth-order valence-corrected chi connectivity index (χ4v) is 5.60. The van der Waals surface area contributed by atoms with Gasteiger partial charge in [-0.05, 0) is 42.2 Å². The minimum absolute atomic E-state index is 0.0264. The largest absolute Gasteiger partial charge is 0.352 e. The molecule has 1 aromatic rings. The van der Waals surface area contributed by atoms with Gasteiger partial charge in [0, 0.05) is 45.2 Å². The summed E-state index contributed by atoms with van der Waals surface area (Å²) in [5.74, 6) is 1.45. The van der Waals surface area contributed by atoms with Gasteiger partial charge in [-0.25, -0.2) is 12.7 Å². The average Bonchev–Trinajstić information content (AvgIpc) is 2.66. The van der Waals surface area contributed by atoms with Crippen LogP contribution < -0.4 is 5.32 Å². The zero-order valence-corrected chi connectivity index (χ0v) is 18.7. The molecule has 0 spiro atoms. The lowest BCUT2D eigenvalue weighted by Gasteiger charge is -2.35. The Morgan fingerprint density at radius 3 is 2.14 bits per heavy atom. The van der Waals surface area contributed by atoms with E-state index in [1.54, 1.807) is 0 Å². The SMILES string of the molecule is C[C@H]1C[C@H](C)CN(Cc2ccc(CNC(=O)C3CCN(S(C)(=O)=O)CC3)cc2)C1. The van der Waals surface area contributed by atoms with Gasteiger partial charge in [-0.3, -0.25) is 9.69 Å². The van der Waals surface area contributed by atoms with Crippen molar-refractivity contribution in [2.24, 2.45) is 17.8 Å². The molecule has 29 heavy (non-hydrogen) atoms. The lowest BCUT2D eigenvalue weighted by molar-refractivity contribution is -0.126. The molecule has 1 N–H and O–H groups in total. The second-order valence-electron chi connectivity index (χ2n) is 9.11. The Morgan fingerprint density at radius 1 is 1.03 bits per heavy atom. The standard InChI is InChI=1S/C22H35N3O3S/c1-17-12-18(2)15-24(14-17)16-20-6-4-19(5-7-20)13-23-22(26)21-8-10-25(11-9-21)29(3,27)28/h4-7,17-18,21H,8-16H2,1-3H3,(H,23,26)/t17-,18-/m0/s1. The van der Waals surface area contributed by atoms with Crippen molar-refractivity contribution in [3.63, 3.8) is 0 Å². The van der Waals surface area contributed by atoms with Crippen molar-refractivity contribution >= 4 is 15.9 Å². The molecule has 0 saturated carbocycles. The zero-order chi connectivity index (χ0) is 21.0.